The van der Waals surface area contributed by atoms with Crippen molar-refractivity contribution in [1.29, 1.82) is 0 Å². The molecule has 1 aromatic carbocycles. The zero-order chi connectivity index (χ0) is 17.8. The number of hydrogen-bond acceptors (Lipinski definition) is 5. The maximum atomic E-state index is 12.5. The normalized spacial score (nSPS) is 22.9. The number of anilines is 2. The van der Waals surface area contributed by atoms with Crippen molar-refractivity contribution in [2.45, 2.75) is 31.9 Å². The third-order valence-electron chi connectivity index (χ3n) is 4.98. The van der Waals surface area contributed by atoms with Gasteiger partial charge in [0.15, 0.2) is 0 Å². The Morgan fingerprint density at radius 3 is 2.59 bits per heavy atom. The molecule has 9 heteroatoms. The molecule has 2 aliphatic heterocycles. The average molecular weight is 419 g/mol. The van der Waals surface area contributed by atoms with Gasteiger partial charge in [0.2, 0.25) is 11.8 Å². The highest BCUT2D eigenvalue weighted by molar-refractivity contribution is 5.95. The van der Waals surface area contributed by atoms with Gasteiger partial charge in [0.1, 0.15) is 6.04 Å². The minimum absolute atomic E-state index is 0. The summed E-state index contributed by atoms with van der Waals surface area (Å²) in [5.41, 5.74) is 7.20. The number of hydrogen-bond donors (Lipinski definition) is 3. The lowest BCUT2D eigenvalue weighted by atomic mass is 9.96. The summed E-state index contributed by atoms with van der Waals surface area (Å²) in [6, 6.07) is 7.45. The number of piperidine rings is 1. The summed E-state index contributed by atoms with van der Waals surface area (Å²) in [5, 5.41) is 6.16. The first-order chi connectivity index (χ1) is 12.0. The van der Waals surface area contributed by atoms with Crippen molar-refractivity contribution in [2.24, 2.45) is 11.7 Å². The van der Waals surface area contributed by atoms with Crippen LogP contribution in [0.25, 0.3) is 0 Å². The smallest absolute Gasteiger partial charge is 0.244 e. The molecule has 0 saturated carbocycles. The summed E-state index contributed by atoms with van der Waals surface area (Å²) in [7, 11) is 0. The summed E-state index contributed by atoms with van der Waals surface area (Å²) in [6.07, 6.45) is 1.39. The van der Waals surface area contributed by atoms with Crippen LogP contribution in [0.5, 0.6) is 0 Å². The molecule has 0 bridgehead atoms. The van der Waals surface area contributed by atoms with E-state index in [9.17, 15) is 9.59 Å². The summed E-state index contributed by atoms with van der Waals surface area (Å²) in [4.78, 5) is 26.0. The number of carbonyl (C=O) groups is 2. The molecule has 2 amide bonds. The van der Waals surface area contributed by atoms with Gasteiger partial charge in [0.25, 0.3) is 0 Å². The van der Waals surface area contributed by atoms with Gasteiger partial charge in [0, 0.05) is 36.9 Å². The summed E-state index contributed by atoms with van der Waals surface area (Å²) >= 11 is 0. The average Bonchev–Trinajstić information content (AvgIpc) is 2.62. The van der Waals surface area contributed by atoms with Gasteiger partial charge in [-0.2, -0.15) is 0 Å². The Bertz CT molecular complexity index is 639. The number of halogens is 2. The van der Waals surface area contributed by atoms with Crippen LogP contribution >= 0.6 is 24.8 Å². The third kappa shape index (κ3) is 5.97. The second kappa shape index (κ2) is 10.7. The first-order valence-electron chi connectivity index (χ1n) is 8.85. The highest BCUT2D eigenvalue weighted by Crippen LogP contribution is 2.25. The van der Waals surface area contributed by atoms with Crippen molar-refractivity contribution in [2.75, 3.05) is 36.5 Å². The lowest BCUT2D eigenvalue weighted by molar-refractivity contribution is -0.124. The van der Waals surface area contributed by atoms with E-state index in [0.717, 1.165) is 37.3 Å². The monoisotopic (exact) mass is 418 g/mol. The minimum atomic E-state index is -0.344. The fourth-order valence-corrected chi connectivity index (χ4v) is 3.45. The molecular weight excluding hydrogens is 391 g/mol. The maximum Gasteiger partial charge on any atom is 0.244 e. The maximum absolute atomic E-state index is 12.5. The van der Waals surface area contributed by atoms with Gasteiger partial charge in [-0.15, -0.1) is 24.8 Å². The first-order valence-corrected chi connectivity index (χ1v) is 8.85. The van der Waals surface area contributed by atoms with Crippen molar-refractivity contribution in [1.82, 2.24) is 5.32 Å². The van der Waals surface area contributed by atoms with Crippen molar-refractivity contribution in [3.05, 3.63) is 24.3 Å². The number of nitrogens with zero attached hydrogens (tertiary/aromatic N) is 1. The van der Waals surface area contributed by atoms with Gasteiger partial charge in [-0.25, -0.2) is 0 Å². The highest BCUT2D eigenvalue weighted by atomic mass is 35.5. The molecule has 2 saturated heterocycles. The van der Waals surface area contributed by atoms with E-state index in [0.29, 0.717) is 13.2 Å². The molecule has 2 heterocycles. The van der Waals surface area contributed by atoms with Crippen LogP contribution < -0.4 is 21.3 Å². The number of carbonyl (C=O) groups excluding carboxylic acids is 2. The number of nitrogens with two attached hydrogens (primary N) is 1. The molecule has 0 spiro atoms. The number of rotatable bonds is 4. The molecule has 3 rings (SSSR count). The molecule has 0 aliphatic carbocycles. The summed E-state index contributed by atoms with van der Waals surface area (Å²) in [5.74, 6) is -0.327. The van der Waals surface area contributed by atoms with E-state index in [2.05, 4.69) is 15.5 Å². The molecule has 0 unspecified atom stereocenters. The number of nitrogens with one attached hydrogen (secondary N) is 2. The molecule has 1 aromatic rings. The second-order valence-electron chi connectivity index (χ2n) is 6.71. The second-order valence-corrected chi connectivity index (χ2v) is 6.71. The van der Waals surface area contributed by atoms with Crippen LogP contribution in [-0.2, 0) is 14.3 Å². The van der Waals surface area contributed by atoms with E-state index in [1.54, 1.807) is 0 Å². The van der Waals surface area contributed by atoms with Crippen molar-refractivity contribution in [3.63, 3.8) is 0 Å². The van der Waals surface area contributed by atoms with E-state index in [1.165, 1.54) is 0 Å². The molecule has 2 aliphatic rings. The van der Waals surface area contributed by atoms with E-state index in [1.807, 2.05) is 31.2 Å². The van der Waals surface area contributed by atoms with Gasteiger partial charge < -0.3 is 26.0 Å². The first kappa shape index (κ1) is 23.5. The van der Waals surface area contributed by atoms with Crippen LogP contribution in [0.4, 0.5) is 11.4 Å². The zero-order valence-corrected chi connectivity index (χ0v) is 17.0. The van der Waals surface area contributed by atoms with Crippen LogP contribution in [0.3, 0.4) is 0 Å². The minimum Gasteiger partial charge on any atom is -0.375 e. The summed E-state index contributed by atoms with van der Waals surface area (Å²) in [6.45, 7) is 4.79. The fourth-order valence-electron chi connectivity index (χ4n) is 3.45. The third-order valence-corrected chi connectivity index (χ3v) is 4.98. The number of ether oxygens (including phenoxy) is 1. The van der Waals surface area contributed by atoms with Crippen molar-refractivity contribution < 1.29 is 14.3 Å². The molecule has 27 heavy (non-hydrogen) atoms. The fraction of sp³-hybridized carbons (Fsp3) is 0.556. The Balaban J connectivity index is 0.00000182. The molecule has 2 fully saturated rings. The molecule has 2 atom stereocenters. The van der Waals surface area contributed by atoms with E-state index >= 15 is 0 Å². The number of benzene rings is 1. The topological polar surface area (TPSA) is 96.7 Å². The van der Waals surface area contributed by atoms with Gasteiger partial charge in [0.05, 0.1) is 12.7 Å². The molecule has 152 valence electrons. The number of morpholine rings is 1. The standard InChI is InChI=1S/C18H26N4O3.2ClH/c1-12-16(20-7-10-25-12)18(24)21-14-3-2-4-15(11-14)22-8-5-13(6-9-22)17(19)23;;/h2-4,11-13,16,20H,5-10H2,1H3,(H2,19,23)(H,21,24);2*1H/t12-,16+;;/m1../s1. The molecule has 4 N–H and O–H groups in total. The Kier molecular flexibility index (Phi) is 9.32. The van der Waals surface area contributed by atoms with Crippen LogP contribution in [0.15, 0.2) is 24.3 Å². The molecular formula is C18H28Cl2N4O3. The Labute approximate surface area is 172 Å². The van der Waals surface area contributed by atoms with Crippen LogP contribution in [0, 0.1) is 5.92 Å². The van der Waals surface area contributed by atoms with Gasteiger partial charge in [-0.05, 0) is 38.0 Å². The van der Waals surface area contributed by atoms with Gasteiger partial charge >= 0.3 is 0 Å². The number of amides is 2. The lowest BCUT2D eigenvalue weighted by Crippen LogP contribution is -2.53. The van der Waals surface area contributed by atoms with Crippen molar-refractivity contribution >= 4 is 48.0 Å². The van der Waals surface area contributed by atoms with Crippen LogP contribution in [-0.4, -0.2) is 50.2 Å². The Morgan fingerprint density at radius 2 is 1.96 bits per heavy atom. The zero-order valence-electron chi connectivity index (χ0n) is 15.3. The van der Waals surface area contributed by atoms with E-state index in [-0.39, 0.29) is 54.7 Å². The lowest BCUT2D eigenvalue weighted by Gasteiger charge is -2.32. The largest absolute Gasteiger partial charge is 0.375 e. The summed E-state index contributed by atoms with van der Waals surface area (Å²) < 4.78 is 5.53. The van der Waals surface area contributed by atoms with Gasteiger partial charge in [-0.1, -0.05) is 6.07 Å². The Hall–Kier alpha value is -1.54. The van der Waals surface area contributed by atoms with Crippen LogP contribution in [0.1, 0.15) is 19.8 Å². The van der Waals surface area contributed by atoms with E-state index in [4.69, 9.17) is 10.5 Å². The van der Waals surface area contributed by atoms with E-state index < -0.39 is 0 Å². The predicted molar refractivity (Wildman–Crippen MR) is 111 cm³/mol. The highest BCUT2D eigenvalue weighted by Gasteiger charge is 2.28. The molecule has 0 radical (unpaired) electrons. The molecule has 7 nitrogen and oxygen atoms in total. The molecule has 0 aromatic heterocycles. The van der Waals surface area contributed by atoms with Crippen molar-refractivity contribution in [3.8, 4) is 0 Å². The SMILES string of the molecule is C[C@H]1OCCN[C@@H]1C(=O)Nc1cccc(N2CCC(C(N)=O)CC2)c1.Cl.Cl. The quantitative estimate of drug-likeness (QED) is 0.688. The van der Waals surface area contributed by atoms with Crippen LogP contribution in [0.2, 0.25) is 0 Å². The van der Waals surface area contributed by atoms with Gasteiger partial charge in [-0.3, -0.25) is 9.59 Å². The number of primary amides is 1. The Morgan fingerprint density at radius 1 is 1.26 bits per heavy atom. The predicted octanol–water partition coefficient (Wildman–Crippen LogP) is 1.55.